The fraction of sp³-hybridized carbons (Fsp3) is 0.714. The van der Waals surface area contributed by atoms with Crippen LogP contribution in [0.15, 0.2) is 6.07 Å². The number of nitrogens with zero attached hydrogens (tertiary/aromatic N) is 2. The molecule has 0 aliphatic heterocycles. The van der Waals surface area contributed by atoms with Crippen LogP contribution in [0.1, 0.15) is 51.6 Å². The maximum atomic E-state index is 5.83. The molecule has 1 aromatic rings. The van der Waals surface area contributed by atoms with E-state index in [1.165, 1.54) is 25.7 Å². The number of ether oxygens (including phenoxy) is 1. The van der Waals surface area contributed by atoms with Gasteiger partial charge in [0.15, 0.2) is 0 Å². The van der Waals surface area contributed by atoms with Gasteiger partial charge >= 0.3 is 0 Å². The van der Waals surface area contributed by atoms with Crippen LogP contribution in [0.2, 0.25) is 0 Å². The van der Waals surface area contributed by atoms with Gasteiger partial charge in [-0.05, 0) is 26.7 Å². The van der Waals surface area contributed by atoms with Crippen LogP contribution in [0, 0.1) is 6.92 Å². The molecule has 0 aromatic carbocycles. The molecule has 1 unspecified atom stereocenters. The van der Waals surface area contributed by atoms with E-state index in [2.05, 4.69) is 29.1 Å². The van der Waals surface area contributed by atoms with Crippen molar-refractivity contribution in [3.05, 3.63) is 11.8 Å². The molecule has 4 heteroatoms. The highest BCUT2D eigenvalue weighted by Gasteiger charge is 2.07. The van der Waals surface area contributed by atoms with Crippen molar-refractivity contribution in [2.45, 2.75) is 59.0 Å². The van der Waals surface area contributed by atoms with E-state index in [4.69, 9.17) is 4.74 Å². The highest BCUT2D eigenvalue weighted by atomic mass is 16.5. The second-order valence-corrected chi connectivity index (χ2v) is 4.70. The van der Waals surface area contributed by atoms with Crippen LogP contribution in [0.5, 0.6) is 5.88 Å². The van der Waals surface area contributed by atoms with Crippen molar-refractivity contribution in [1.29, 1.82) is 0 Å². The van der Waals surface area contributed by atoms with Crippen LogP contribution < -0.4 is 10.1 Å². The minimum Gasteiger partial charge on any atom is -0.475 e. The summed E-state index contributed by atoms with van der Waals surface area (Å²) in [6, 6.07) is 1.88. The Labute approximate surface area is 110 Å². The summed E-state index contributed by atoms with van der Waals surface area (Å²) >= 11 is 0. The highest BCUT2D eigenvalue weighted by Crippen LogP contribution is 2.15. The second kappa shape index (κ2) is 7.90. The summed E-state index contributed by atoms with van der Waals surface area (Å²) in [6.07, 6.45) is 6.38. The molecule has 1 atom stereocenters. The lowest BCUT2D eigenvalue weighted by Crippen LogP contribution is -2.13. The van der Waals surface area contributed by atoms with Gasteiger partial charge in [-0.15, -0.1) is 0 Å². The highest BCUT2D eigenvalue weighted by molar-refractivity contribution is 5.29. The van der Waals surface area contributed by atoms with Gasteiger partial charge in [0.2, 0.25) is 11.8 Å². The number of nitrogens with one attached hydrogen (secondary N) is 1. The summed E-state index contributed by atoms with van der Waals surface area (Å²) in [5.41, 5.74) is 0.919. The van der Waals surface area contributed by atoms with Crippen molar-refractivity contribution in [3.8, 4) is 5.88 Å². The van der Waals surface area contributed by atoms with Crippen molar-refractivity contribution in [1.82, 2.24) is 9.97 Å². The van der Waals surface area contributed by atoms with Gasteiger partial charge < -0.3 is 10.1 Å². The van der Waals surface area contributed by atoms with E-state index in [0.717, 1.165) is 12.1 Å². The molecule has 0 saturated carbocycles. The number of rotatable bonds is 8. The molecule has 4 nitrogen and oxygen atoms in total. The first-order valence-electron chi connectivity index (χ1n) is 6.85. The van der Waals surface area contributed by atoms with Gasteiger partial charge in [0.25, 0.3) is 0 Å². The second-order valence-electron chi connectivity index (χ2n) is 4.70. The Morgan fingerprint density at radius 1 is 1.28 bits per heavy atom. The number of hydrogen-bond donors (Lipinski definition) is 1. The zero-order valence-corrected chi connectivity index (χ0v) is 12.0. The Kier molecular flexibility index (Phi) is 6.47. The van der Waals surface area contributed by atoms with Gasteiger partial charge in [-0.3, -0.25) is 0 Å². The minimum atomic E-state index is 0.209. The first-order valence-corrected chi connectivity index (χ1v) is 6.85. The van der Waals surface area contributed by atoms with Crippen LogP contribution in [0.25, 0.3) is 0 Å². The fourth-order valence-electron chi connectivity index (χ4n) is 1.84. The van der Waals surface area contributed by atoms with E-state index in [0.29, 0.717) is 11.8 Å². The summed E-state index contributed by atoms with van der Waals surface area (Å²) in [5.74, 6) is 1.28. The van der Waals surface area contributed by atoms with E-state index in [1.807, 2.05) is 20.0 Å². The van der Waals surface area contributed by atoms with Crippen LogP contribution >= 0.6 is 0 Å². The monoisotopic (exact) mass is 251 g/mol. The van der Waals surface area contributed by atoms with E-state index < -0.39 is 0 Å². The van der Waals surface area contributed by atoms with E-state index in [9.17, 15) is 0 Å². The number of aromatic nitrogens is 2. The summed E-state index contributed by atoms with van der Waals surface area (Å²) < 4.78 is 5.83. The molecule has 18 heavy (non-hydrogen) atoms. The molecule has 0 spiro atoms. The normalized spacial score (nSPS) is 12.2. The number of anilines is 1. The Morgan fingerprint density at radius 3 is 2.72 bits per heavy atom. The molecular formula is C14H25N3O. The molecule has 0 saturated heterocycles. The lowest BCUT2D eigenvalue weighted by molar-refractivity contribution is 0.198. The third kappa shape index (κ3) is 5.34. The lowest BCUT2D eigenvalue weighted by atomic mass is 10.1. The minimum absolute atomic E-state index is 0.209. The van der Waals surface area contributed by atoms with E-state index in [-0.39, 0.29) is 6.10 Å². The third-order valence-electron chi connectivity index (χ3n) is 2.84. The first kappa shape index (κ1) is 14.7. The molecule has 1 aromatic heterocycles. The van der Waals surface area contributed by atoms with Gasteiger partial charge in [0, 0.05) is 18.8 Å². The average molecular weight is 251 g/mol. The van der Waals surface area contributed by atoms with Crippen LogP contribution in [0.4, 0.5) is 5.95 Å². The number of hydrogen-bond acceptors (Lipinski definition) is 4. The summed E-state index contributed by atoms with van der Waals surface area (Å²) in [7, 11) is 1.81. The predicted octanol–water partition coefficient (Wildman–Crippen LogP) is 3.56. The molecule has 0 fully saturated rings. The Hall–Kier alpha value is -1.32. The van der Waals surface area contributed by atoms with Gasteiger partial charge in [0.05, 0.1) is 6.10 Å². The summed E-state index contributed by atoms with van der Waals surface area (Å²) in [5, 5.41) is 2.94. The number of aryl methyl sites for hydroxylation is 1. The third-order valence-corrected chi connectivity index (χ3v) is 2.84. The smallest absolute Gasteiger partial charge is 0.225 e. The average Bonchev–Trinajstić information content (AvgIpc) is 2.34. The standard InChI is InChI=1S/C14H25N3O/c1-5-6-7-8-9-12(3)18-13-10-11(2)16-14(15-4)17-13/h10,12H,5-9H2,1-4H3,(H,15,16,17). The van der Waals surface area contributed by atoms with Crippen molar-refractivity contribution in [2.75, 3.05) is 12.4 Å². The van der Waals surface area contributed by atoms with Crippen molar-refractivity contribution in [3.63, 3.8) is 0 Å². The zero-order chi connectivity index (χ0) is 13.4. The van der Waals surface area contributed by atoms with Crippen LogP contribution in [-0.2, 0) is 0 Å². The molecule has 0 bridgehead atoms. The molecule has 1 heterocycles. The Morgan fingerprint density at radius 2 is 2.06 bits per heavy atom. The molecule has 0 aliphatic rings. The number of unbranched alkanes of at least 4 members (excludes halogenated alkanes) is 3. The maximum absolute atomic E-state index is 5.83. The molecule has 0 radical (unpaired) electrons. The largest absolute Gasteiger partial charge is 0.475 e. The van der Waals surface area contributed by atoms with Crippen LogP contribution in [-0.4, -0.2) is 23.1 Å². The molecule has 1 rings (SSSR count). The Bertz CT molecular complexity index is 355. The maximum Gasteiger partial charge on any atom is 0.225 e. The fourth-order valence-corrected chi connectivity index (χ4v) is 1.84. The quantitative estimate of drug-likeness (QED) is 0.718. The van der Waals surface area contributed by atoms with Crippen molar-refractivity contribution >= 4 is 5.95 Å². The van der Waals surface area contributed by atoms with E-state index >= 15 is 0 Å². The molecule has 1 N–H and O–H groups in total. The molecule has 102 valence electrons. The van der Waals surface area contributed by atoms with Gasteiger partial charge in [0.1, 0.15) is 0 Å². The molecule has 0 aliphatic carbocycles. The van der Waals surface area contributed by atoms with Crippen molar-refractivity contribution in [2.24, 2.45) is 0 Å². The SMILES string of the molecule is CCCCCCC(C)Oc1cc(C)nc(NC)n1. The van der Waals surface area contributed by atoms with Gasteiger partial charge in [-0.2, -0.15) is 4.98 Å². The van der Waals surface area contributed by atoms with Gasteiger partial charge in [-0.25, -0.2) is 4.98 Å². The van der Waals surface area contributed by atoms with Crippen LogP contribution in [0.3, 0.4) is 0 Å². The topological polar surface area (TPSA) is 47.0 Å². The lowest BCUT2D eigenvalue weighted by Gasteiger charge is -2.14. The first-order chi connectivity index (χ1) is 8.65. The zero-order valence-electron chi connectivity index (χ0n) is 12.0. The Balaban J connectivity index is 2.43. The predicted molar refractivity (Wildman–Crippen MR) is 75.2 cm³/mol. The van der Waals surface area contributed by atoms with Crippen molar-refractivity contribution < 1.29 is 4.74 Å². The molecule has 0 amide bonds. The summed E-state index contributed by atoms with van der Waals surface area (Å²) in [4.78, 5) is 8.54. The van der Waals surface area contributed by atoms with Gasteiger partial charge in [-0.1, -0.05) is 26.2 Å². The molecular weight excluding hydrogens is 226 g/mol. The van der Waals surface area contributed by atoms with E-state index in [1.54, 1.807) is 0 Å². The summed E-state index contributed by atoms with van der Waals surface area (Å²) in [6.45, 7) is 6.27.